The zero-order chi connectivity index (χ0) is 24.0. The first-order valence-corrected chi connectivity index (χ1v) is 11.5. The zero-order valence-electron chi connectivity index (χ0n) is 19.9. The van der Waals surface area contributed by atoms with Gasteiger partial charge >= 0.3 is 0 Å². The molecule has 2 unspecified atom stereocenters. The molecule has 34 heavy (non-hydrogen) atoms. The number of aliphatic hydroxyl groups is 1. The van der Waals surface area contributed by atoms with E-state index >= 15 is 0 Å². The minimum atomic E-state index is -1.39. The Kier molecular flexibility index (Phi) is 7.27. The lowest BCUT2D eigenvalue weighted by Crippen LogP contribution is -2.50. The summed E-state index contributed by atoms with van der Waals surface area (Å²) in [6, 6.07) is 31.5. The van der Waals surface area contributed by atoms with Gasteiger partial charge in [-0.1, -0.05) is 97.9 Å². The van der Waals surface area contributed by atoms with Crippen LogP contribution in [0.15, 0.2) is 110 Å². The molecule has 1 N–H and O–H groups in total. The Bertz CT molecular complexity index is 1030. The van der Waals surface area contributed by atoms with Crippen LogP contribution in [0.3, 0.4) is 0 Å². The van der Waals surface area contributed by atoms with Crippen LogP contribution in [0.4, 0.5) is 0 Å². The average molecular weight is 457 g/mol. The normalized spacial score (nSPS) is 14.0. The summed E-state index contributed by atoms with van der Waals surface area (Å²) < 4.78 is 13.2. The predicted octanol–water partition coefficient (Wildman–Crippen LogP) is 5.21. The van der Waals surface area contributed by atoms with Crippen LogP contribution in [0.1, 0.15) is 30.0 Å². The van der Waals surface area contributed by atoms with Gasteiger partial charge in [0.15, 0.2) is 0 Å². The molecule has 0 aliphatic heterocycles. The van der Waals surface area contributed by atoms with Crippen molar-refractivity contribution in [3.63, 3.8) is 0 Å². The lowest BCUT2D eigenvalue weighted by atomic mass is 9.61. The summed E-state index contributed by atoms with van der Waals surface area (Å²) in [7, 11) is 3.08. The third kappa shape index (κ3) is 4.07. The minimum Gasteiger partial charge on any atom is -0.385 e. The SMILES string of the molecule is COC(OC)(C(O)CC(C)C(c1ccccc1)(c1ccccc1)c1ccccc1)n1ccnc1. The highest BCUT2D eigenvalue weighted by atomic mass is 16.7. The number of ether oxygens (including phenoxy) is 2. The first-order valence-electron chi connectivity index (χ1n) is 11.5. The molecule has 4 aromatic rings. The number of nitrogens with zero attached hydrogens (tertiary/aromatic N) is 2. The standard InChI is InChI=1S/C29H32N2O3/c1-23(21-27(32)29(33-2,34-3)31-20-19-30-22-31)28(24-13-7-4-8-14-24,25-15-9-5-10-16-25)26-17-11-6-12-18-26/h4-20,22-23,27,32H,21H2,1-3H3. The van der Waals surface area contributed by atoms with Gasteiger partial charge in [-0.05, 0) is 29.0 Å². The highest BCUT2D eigenvalue weighted by Gasteiger charge is 2.47. The molecule has 0 bridgehead atoms. The van der Waals surface area contributed by atoms with E-state index in [9.17, 15) is 5.11 Å². The van der Waals surface area contributed by atoms with Crippen molar-refractivity contribution >= 4 is 0 Å². The molecule has 0 saturated carbocycles. The molecule has 0 amide bonds. The smallest absolute Gasteiger partial charge is 0.283 e. The Morgan fingerprint density at radius 1 is 0.794 bits per heavy atom. The summed E-state index contributed by atoms with van der Waals surface area (Å²) >= 11 is 0. The van der Waals surface area contributed by atoms with E-state index in [0.717, 1.165) is 16.7 Å². The first-order chi connectivity index (χ1) is 16.6. The summed E-state index contributed by atoms with van der Waals surface area (Å²) in [6.45, 7) is 2.18. The number of aliphatic hydroxyl groups excluding tert-OH is 1. The van der Waals surface area contributed by atoms with Crippen molar-refractivity contribution in [2.75, 3.05) is 14.2 Å². The molecular formula is C29H32N2O3. The molecule has 2 atom stereocenters. The Morgan fingerprint density at radius 3 is 1.59 bits per heavy atom. The Balaban J connectivity index is 1.87. The number of rotatable bonds is 10. The minimum absolute atomic E-state index is 0.0390. The second kappa shape index (κ2) is 10.3. The van der Waals surface area contributed by atoms with Gasteiger partial charge in [-0.2, -0.15) is 0 Å². The van der Waals surface area contributed by atoms with Gasteiger partial charge in [-0.15, -0.1) is 0 Å². The number of imidazole rings is 1. The fraction of sp³-hybridized carbons (Fsp3) is 0.276. The van der Waals surface area contributed by atoms with Crippen LogP contribution >= 0.6 is 0 Å². The van der Waals surface area contributed by atoms with E-state index in [2.05, 4.69) is 84.7 Å². The van der Waals surface area contributed by atoms with Crippen molar-refractivity contribution in [1.29, 1.82) is 0 Å². The molecule has 3 aromatic carbocycles. The van der Waals surface area contributed by atoms with Gasteiger partial charge in [0.1, 0.15) is 6.10 Å². The molecule has 0 fully saturated rings. The van der Waals surface area contributed by atoms with Crippen LogP contribution in [0, 0.1) is 5.92 Å². The van der Waals surface area contributed by atoms with Crippen molar-refractivity contribution in [2.24, 2.45) is 5.92 Å². The number of hydrogen-bond donors (Lipinski definition) is 1. The molecule has 0 saturated heterocycles. The monoisotopic (exact) mass is 456 g/mol. The third-order valence-corrected chi connectivity index (χ3v) is 6.87. The van der Waals surface area contributed by atoms with Crippen LogP contribution < -0.4 is 0 Å². The molecular weight excluding hydrogens is 424 g/mol. The van der Waals surface area contributed by atoms with Gasteiger partial charge in [0, 0.05) is 32.0 Å². The van der Waals surface area contributed by atoms with Crippen molar-refractivity contribution in [2.45, 2.75) is 30.8 Å². The molecule has 0 radical (unpaired) electrons. The van der Waals surface area contributed by atoms with Crippen molar-refractivity contribution in [1.82, 2.24) is 9.55 Å². The summed E-state index contributed by atoms with van der Waals surface area (Å²) in [5.41, 5.74) is 2.98. The molecule has 0 aliphatic carbocycles. The molecule has 0 spiro atoms. The highest BCUT2D eigenvalue weighted by molar-refractivity contribution is 5.51. The predicted molar refractivity (Wildman–Crippen MR) is 133 cm³/mol. The van der Waals surface area contributed by atoms with E-state index in [1.54, 1.807) is 23.3 Å². The van der Waals surface area contributed by atoms with Gasteiger partial charge in [-0.25, -0.2) is 4.98 Å². The zero-order valence-corrected chi connectivity index (χ0v) is 19.9. The maximum absolute atomic E-state index is 11.6. The van der Waals surface area contributed by atoms with Gasteiger partial charge < -0.3 is 14.6 Å². The maximum Gasteiger partial charge on any atom is 0.283 e. The number of hydrogen-bond acceptors (Lipinski definition) is 4. The quantitative estimate of drug-likeness (QED) is 0.263. The second-order valence-corrected chi connectivity index (χ2v) is 8.57. The summed E-state index contributed by atoms with van der Waals surface area (Å²) in [6.07, 6.45) is 4.41. The summed E-state index contributed by atoms with van der Waals surface area (Å²) in [4.78, 5) is 4.13. The van der Waals surface area contributed by atoms with Crippen molar-refractivity contribution in [3.05, 3.63) is 126 Å². The maximum atomic E-state index is 11.6. The molecule has 0 aliphatic rings. The van der Waals surface area contributed by atoms with Crippen molar-refractivity contribution in [3.8, 4) is 0 Å². The molecule has 176 valence electrons. The van der Waals surface area contributed by atoms with Gasteiger partial charge in [0.2, 0.25) is 0 Å². The summed E-state index contributed by atoms with van der Waals surface area (Å²) in [5.74, 6) is -1.43. The van der Waals surface area contributed by atoms with Crippen molar-refractivity contribution < 1.29 is 14.6 Å². The average Bonchev–Trinajstić information content (AvgIpc) is 3.43. The summed E-state index contributed by atoms with van der Waals surface area (Å²) in [5, 5.41) is 11.6. The molecule has 1 heterocycles. The molecule has 5 nitrogen and oxygen atoms in total. The molecule has 4 rings (SSSR count). The lowest BCUT2D eigenvalue weighted by Gasteiger charge is -2.44. The number of aromatic nitrogens is 2. The largest absolute Gasteiger partial charge is 0.385 e. The van der Waals surface area contributed by atoms with Gasteiger partial charge in [0.05, 0.1) is 6.33 Å². The second-order valence-electron chi connectivity index (χ2n) is 8.57. The Morgan fingerprint density at radius 2 is 1.24 bits per heavy atom. The lowest BCUT2D eigenvalue weighted by molar-refractivity contribution is -0.318. The molecule has 1 aromatic heterocycles. The van der Waals surface area contributed by atoms with E-state index < -0.39 is 17.4 Å². The van der Waals surface area contributed by atoms with Crippen LogP contribution in [-0.4, -0.2) is 35.0 Å². The topological polar surface area (TPSA) is 56.5 Å². The van der Waals surface area contributed by atoms with E-state index in [0.29, 0.717) is 6.42 Å². The first kappa shape index (κ1) is 23.9. The van der Waals surface area contributed by atoms with E-state index in [1.807, 2.05) is 18.2 Å². The van der Waals surface area contributed by atoms with E-state index in [4.69, 9.17) is 9.47 Å². The van der Waals surface area contributed by atoms with E-state index in [-0.39, 0.29) is 5.92 Å². The molecule has 5 heteroatoms. The van der Waals surface area contributed by atoms with Crippen LogP contribution in [0.25, 0.3) is 0 Å². The number of benzene rings is 3. The number of methoxy groups -OCH3 is 2. The van der Waals surface area contributed by atoms with E-state index in [1.165, 1.54) is 14.2 Å². The van der Waals surface area contributed by atoms with Gasteiger partial charge in [0.25, 0.3) is 5.91 Å². The van der Waals surface area contributed by atoms with Crippen LogP contribution in [-0.2, 0) is 20.8 Å². The fourth-order valence-corrected chi connectivity index (χ4v) is 5.30. The third-order valence-electron chi connectivity index (χ3n) is 6.87. The van der Waals surface area contributed by atoms with Crippen LogP contribution in [0.2, 0.25) is 0 Å². The van der Waals surface area contributed by atoms with Gasteiger partial charge in [-0.3, -0.25) is 4.57 Å². The Labute approximate surface area is 201 Å². The highest BCUT2D eigenvalue weighted by Crippen LogP contribution is 2.47. The Hall–Kier alpha value is -3.25. The van der Waals surface area contributed by atoms with Crippen LogP contribution in [0.5, 0.6) is 0 Å². The fourth-order valence-electron chi connectivity index (χ4n) is 5.30.